The highest BCUT2D eigenvalue weighted by Crippen LogP contribution is 2.40. The summed E-state index contributed by atoms with van der Waals surface area (Å²) >= 11 is 0. The molecule has 3 rings (SSSR count). The van der Waals surface area contributed by atoms with Gasteiger partial charge < -0.3 is 9.84 Å². The average molecular weight is 261 g/mol. The second-order valence-corrected chi connectivity index (χ2v) is 5.85. The normalized spacial score (nSPS) is 27.7. The van der Waals surface area contributed by atoms with E-state index in [-0.39, 0.29) is 6.04 Å². The van der Waals surface area contributed by atoms with E-state index in [1.165, 1.54) is 36.0 Å². The third-order valence-electron chi connectivity index (χ3n) is 4.57. The van der Waals surface area contributed by atoms with Crippen molar-refractivity contribution in [3.63, 3.8) is 0 Å². The van der Waals surface area contributed by atoms with Gasteiger partial charge in [0.1, 0.15) is 18.5 Å². The maximum Gasteiger partial charge on any atom is 0.127 e. The van der Waals surface area contributed by atoms with Crippen LogP contribution in [0.2, 0.25) is 0 Å². The van der Waals surface area contributed by atoms with E-state index >= 15 is 0 Å². The molecule has 1 aromatic rings. The summed E-state index contributed by atoms with van der Waals surface area (Å²) in [5, 5.41) is 10.4. The van der Waals surface area contributed by atoms with E-state index in [0.717, 1.165) is 18.8 Å². The first-order valence-corrected chi connectivity index (χ1v) is 7.33. The fourth-order valence-electron chi connectivity index (χ4n) is 3.34. The predicted molar refractivity (Wildman–Crippen MR) is 75.6 cm³/mol. The molecule has 3 nitrogen and oxygen atoms in total. The van der Waals surface area contributed by atoms with Crippen molar-refractivity contribution >= 4 is 0 Å². The fraction of sp³-hybridized carbons (Fsp3) is 0.625. The van der Waals surface area contributed by atoms with Gasteiger partial charge in [0.15, 0.2) is 0 Å². The van der Waals surface area contributed by atoms with Crippen LogP contribution in [0.15, 0.2) is 12.1 Å². The summed E-state index contributed by atoms with van der Waals surface area (Å²) in [5.74, 6) is 1.00. The van der Waals surface area contributed by atoms with Crippen molar-refractivity contribution in [3.05, 3.63) is 28.8 Å². The van der Waals surface area contributed by atoms with Crippen molar-refractivity contribution in [2.24, 2.45) is 0 Å². The second-order valence-electron chi connectivity index (χ2n) is 5.85. The summed E-state index contributed by atoms with van der Waals surface area (Å²) in [6.07, 6.45) is 3.39. The van der Waals surface area contributed by atoms with Crippen LogP contribution in [-0.4, -0.2) is 35.8 Å². The quantitative estimate of drug-likeness (QED) is 0.843. The van der Waals surface area contributed by atoms with Crippen molar-refractivity contribution in [1.29, 1.82) is 0 Å². The van der Waals surface area contributed by atoms with Crippen molar-refractivity contribution < 1.29 is 9.84 Å². The molecule has 0 saturated carbocycles. The molecule has 1 fully saturated rings. The first-order valence-electron chi connectivity index (χ1n) is 7.33. The van der Waals surface area contributed by atoms with Crippen LogP contribution >= 0.6 is 0 Å². The van der Waals surface area contributed by atoms with Crippen molar-refractivity contribution in [2.45, 2.75) is 45.3 Å². The molecule has 0 bridgehead atoms. The molecule has 2 atom stereocenters. The van der Waals surface area contributed by atoms with Crippen LogP contribution in [0.1, 0.15) is 42.0 Å². The topological polar surface area (TPSA) is 32.7 Å². The monoisotopic (exact) mass is 261 g/mol. The zero-order valence-electron chi connectivity index (χ0n) is 11.9. The number of hydrogen-bond donors (Lipinski definition) is 1. The third kappa shape index (κ3) is 2.26. The highest BCUT2D eigenvalue weighted by atomic mass is 16.5. The number of rotatable bonds is 1. The van der Waals surface area contributed by atoms with Crippen molar-refractivity contribution in [2.75, 3.05) is 19.7 Å². The Balaban J connectivity index is 1.99. The molecule has 0 radical (unpaired) electrons. The number of piperidine rings is 1. The minimum Gasteiger partial charge on any atom is -0.490 e. The van der Waals surface area contributed by atoms with Gasteiger partial charge in [-0.2, -0.15) is 0 Å². The zero-order chi connectivity index (χ0) is 13.4. The van der Waals surface area contributed by atoms with Gasteiger partial charge in [-0.15, -0.1) is 0 Å². The average Bonchev–Trinajstić information content (AvgIpc) is 2.44. The van der Waals surface area contributed by atoms with Crippen LogP contribution < -0.4 is 4.74 Å². The lowest BCUT2D eigenvalue weighted by Crippen LogP contribution is -2.44. The van der Waals surface area contributed by atoms with E-state index in [4.69, 9.17) is 4.74 Å². The summed E-state index contributed by atoms with van der Waals surface area (Å²) in [4.78, 5) is 2.43. The summed E-state index contributed by atoms with van der Waals surface area (Å²) in [6.45, 7) is 6.82. The van der Waals surface area contributed by atoms with Gasteiger partial charge in [0.25, 0.3) is 0 Å². The smallest absolute Gasteiger partial charge is 0.127 e. The number of hydrogen-bond acceptors (Lipinski definition) is 3. The lowest BCUT2D eigenvalue weighted by molar-refractivity contribution is -0.00704. The number of likely N-dealkylation sites (tertiary alicyclic amines) is 1. The molecule has 0 aromatic heterocycles. The number of nitrogens with zero attached hydrogens (tertiary/aromatic N) is 1. The van der Waals surface area contributed by atoms with E-state index in [0.29, 0.717) is 6.61 Å². The molecule has 2 unspecified atom stereocenters. The molecule has 2 aliphatic heterocycles. The molecule has 0 aliphatic carbocycles. The van der Waals surface area contributed by atoms with Crippen molar-refractivity contribution in [1.82, 2.24) is 4.90 Å². The Bertz CT molecular complexity index is 466. The lowest BCUT2D eigenvalue weighted by atomic mass is 9.91. The molecule has 3 heteroatoms. The first kappa shape index (κ1) is 12.9. The largest absolute Gasteiger partial charge is 0.490 e. The fourth-order valence-corrected chi connectivity index (χ4v) is 3.34. The summed E-state index contributed by atoms with van der Waals surface area (Å²) in [5.41, 5.74) is 3.64. The minimum absolute atomic E-state index is 0.114. The maximum absolute atomic E-state index is 10.4. The Morgan fingerprint density at radius 3 is 2.63 bits per heavy atom. The van der Waals surface area contributed by atoms with Crippen LogP contribution in [-0.2, 0) is 0 Å². The van der Waals surface area contributed by atoms with E-state index in [1.54, 1.807) is 0 Å². The number of ether oxygens (including phenoxy) is 1. The standard InChI is InChI=1S/C16H23NO2/c1-11-6-7-13-15(17-8-4-3-5-9-17)14(18)10-19-16(13)12(11)2/h6-7,14-15,18H,3-5,8-10H2,1-2H3. The van der Waals surface area contributed by atoms with Gasteiger partial charge in [-0.25, -0.2) is 0 Å². The summed E-state index contributed by atoms with van der Waals surface area (Å²) in [7, 11) is 0. The second kappa shape index (κ2) is 5.14. The SMILES string of the molecule is Cc1ccc2c(c1C)OCC(O)C2N1CCCCC1. The highest BCUT2D eigenvalue weighted by molar-refractivity contribution is 5.48. The van der Waals surface area contributed by atoms with Gasteiger partial charge in [0.05, 0.1) is 6.04 Å². The van der Waals surface area contributed by atoms with Crippen molar-refractivity contribution in [3.8, 4) is 5.75 Å². The number of fused-ring (bicyclic) bond motifs is 1. The van der Waals surface area contributed by atoms with Gasteiger partial charge in [-0.3, -0.25) is 4.90 Å². The molecule has 1 saturated heterocycles. The van der Waals surface area contributed by atoms with Crippen LogP contribution in [0.3, 0.4) is 0 Å². The van der Waals surface area contributed by atoms with Crippen LogP contribution in [0.4, 0.5) is 0 Å². The molecule has 2 aliphatic rings. The van der Waals surface area contributed by atoms with Gasteiger partial charge in [-0.05, 0) is 50.9 Å². The van der Waals surface area contributed by atoms with E-state index in [9.17, 15) is 5.11 Å². The highest BCUT2D eigenvalue weighted by Gasteiger charge is 2.35. The minimum atomic E-state index is -0.410. The Morgan fingerprint density at radius 1 is 1.16 bits per heavy atom. The molecule has 1 aromatic carbocycles. The predicted octanol–water partition coefficient (Wildman–Crippen LogP) is 2.58. The molecule has 0 spiro atoms. The van der Waals surface area contributed by atoms with Gasteiger partial charge in [-0.1, -0.05) is 18.6 Å². The van der Waals surface area contributed by atoms with E-state index < -0.39 is 6.10 Å². The molecule has 19 heavy (non-hydrogen) atoms. The Labute approximate surface area is 115 Å². The third-order valence-corrected chi connectivity index (χ3v) is 4.57. The van der Waals surface area contributed by atoms with E-state index in [1.807, 2.05) is 0 Å². The summed E-state index contributed by atoms with van der Waals surface area (Å²) in [6, 6.07) is 4.40. The molecule has 0 amide bonds. The Kier molecular flexibility index (Phi) is 3.50. The molecular formula is C16H23NO2. The Hall–Kier alpha value is -1.06. The zero-order valence-corrected chi connectivity index (χ0v) is 11.9. The number of benzene rings is 1. The maximum atomic E-state index is 10.4. The van der Waals surface area contributed by atoms with Gasteiger partial charge in [0.2, 0.25) is 0 Å². The number of aryl methyl sites for hydroxylation is 1. The molecule has 2 heterocycles. The number of aliphatic hydroxyl groups is 1. The molecular weight excluding hydrogens is 238 g/mol. The number of aliphatic hydroxyl groups excluding tert-OH is 1. The summed E-state index contributed by atoms with van der Waals surface area (Å²) < 4.78 is 5.79. The van der Waals surface area contributed by atoms with Gasteiger partial charge >= 0.3 is 0 Å². The van der Waals surface area contributed by atoms with Crippen LogP contribution in [0, 0.1) is 13.8 Å². The van der Waals surface area contributed by atoms with E-state index in [2.05, 4.69) is 30.9 Å². The Morgan fingerprint density at radius 2 is 1.89 bits per heavy atom. The lowest BCUT2D eigenvalue weighted by Gasteiger charge is -2.41. The molecule has 1 N–H and O–H groups in total. The van der Waals surface area contributed by atoms with Crippen LogP contribution in [0.25, 0.3) is 0 Å². The van der Waals surface area contributed by atoms with Crippen LogP contribution in [0.5, 0.6) is 5.75 Å². The first-order chi connectivity index (χ1) is 9.18. The van der Waals surface area contributed by atoms with Gasteiger partial charge in [0, 0.05) is 5.56 Å². The molecule has 104 valence electrons.